The number of rotatable bonds is 6. The molecule has 0 aromatic heterocycles. The molecule has 1 atom stereocenters. The number of halogens is 2. The zero-order chi connectivity index (χ0) is 13.8. The van der Waals surface area contributed by atoms with Crippen molar-refractivity contribution < 1.29 is 9.13 Å². The molecule has 0 heterocycles. The Balaban J connectivity index is 2.71. The highest BCUT2D eigenvalue weighted by Gasteiger charge is 2.22. The molecule has 0 spiro atoms. The molecule has 0 amide bonds. The van der Waals surface area contributed by atoms with Crippen LogP contribution in [0.5, 0.6) is 0 Å². The molecule has 0 saturated heterocycles. The second kappa shape index (κ2) is 6.50. The zero-order valence-corrected chi connectivity index (χ0v) is 12.1. The lowest BCUT2D eigenvalue weighted by atomic mass is 9.94. The van der Waals surface area contributed by atoms with Crippen molar-refractivity contribution in [3.8, 4) is 0 Å². The van der Waals surface area contributed by atoms with Crippen LogP contribution in [-0.4, -0.2) is 25.8 Å². The molecule has 0 fully saturated rings. The monoisotopic (exact) mass is 273 g/mol. The highest BCUT2D eigenvalue weighted by atomic mass is 35.5. The summed E-state index contributed by atoms with van der Waals surface area (Å²) < 4.78 is 18.8. The third-order valence-corrected chi connectivity index (χ3v) is 3.47. The molecule has 18 heavy (non-hydrogen) atoms. The maximum absolute atomic E-state index is 13.4. The van der Waals surface area contributed by atoms with Gasteiger partial charge in [-0.1, -0.05) is 17.7 Å². The van der Waals surface area contributed by atoms with Crippen molar-refractivity contribution in [1.82, 2.24) is 5.32 Å². The Morgan fingerprint density at radius 1 is 1.44 bits per heavy atom. The number of hydrogen-bond donors (Lipinski definition) is 1. The van der Waals surface area contributed by atoms with E-state index in [1.807, 2.05) is 27.0 Å². The average molecular weight is 274 g/mol. The molecular formula is C14H21ClFNO. The highest BCUT2D eigenvalue weighted by molar-refractivity contribution is 6.30. The molecule has 102 valence electrons. The van der Waals surface area contributed by atoms with Gasteiger partial charge in [-0.25, -0.2) is 4.39 Å². The maximum atomic E-state index is 13.4. The van der Waals surface area contributed by atoms with Gasteiger partial charge in [0.1, 0.15) is 5.82 Å². The van der Waals surface area contributed by atoms with Crippen molar-refractivity contribution in [2.75, 3.05) is 14.2 Å². The Kier molecular flexibility index (Phi) is 5.57. The van der Waals surface area contributed by atoms with E-state index in [2.05, 4.69) is 5.32 Å². The molecule has 0 bridgehead atoms. The van der Waals surface area contributed by atoms with E-state index in [1.165, 1.54) is 6.07 Å². The minimum absolute atomic E-state index is 0.164. The van der Waals surface area contributed by atoms with Crippen molar-refractivity contribution in [1.29, 1.82) is 0 Å². The molecule has 2 nitrogen and oxygen atoms in total. The van der Waals surface area contributed by atoms with Crippen LogP contribution in [0.1, 0.15) is 25.8 Å². The van der Waals surface area contributed by atoms with Crippen LogP contribution in [0, 0.1) is 5.82 Å². The first-order valence-corrected chi connectivity index (χ1v) is 6.42. The predicted octanol–water partition coefficient (Wildman–Crippen LogP) is 3.42. The number of ether oxygens (including phenoxy) is 1. The van der Waals surface area contributed by atoms with Gasteiger partial charge < -0.3 is 10.1 Å². The lowest BCUT2D eigenvalue weighted by Gasteiger charge is -2.28. The van der Waals surface area contributed by atoms with E-state index < -0.39 is 0 Å². The Hall–Kier alpha value is -0.640. The van der Waals surface area contributed by atoms with Crippen LogP contribution in [0.4, 0.5) is 4.39 Å². The SMILES string of the molecule is CNC(Cc1ccc(Cl)c(F)c1)CC(C)(C)OC. The van der Waals surface area contributed by atoms with Crippen LogP contribution in [0.2, 0.25) is 5.02 Å². The third kappa shape index (κ3) is 4.56. The summed E-state index contributed by atoms with van der Waals surface area (Å²) in [6.07, 6.45) is 1.60. The fraction of sp³-hybridized carbons (Fsp3) is 0.571. The van der Waals surface area contributed by atoms with Crippen LogP contribution in [0.15, 0.2) is 18.2 Å². The fourth-order valence-corrected chi connectivity index (χ4v) is 2.02. The van der Waals surface area contributed by atoms with Crippen molar-refractivity contribution in [3.05, 3.63) is 34.6 Å². The van der Waals surface area contributed by atoms with E-state index in [-0.39, 0.29) is 22.5 Å². The van der Waals surface area contributed by atoms with E-state index in [0.29, 0.717) is 0 Å². The quantitative estimate of drug-likeness (QED) is 0.857. The first-order valence-electron chi connectivity index (χ1n) is 6.04. The Morgan fingerprint density at radius 3 is 2.61 bits per heavy atom. The Labute approximate surface area is 113 Å². The summed E-state index contributed by atoms with van der Waals surface area (Å²) in [5.41, 5.74) is 0.738. The summed E-state index contributed by atoms with van der Waals surface area (Å²) >= 11 is 5.67. The number of hydrogen-bond acceptors (Lipinski definition) is 2. The first kappa shape index (κ1) is 15.4. The fourth-order valence-electron chi connectivity index (χ4n) is 1.90. The summed E-state index contributed by atoms with van der Waals surface area (Å²) in [5.74, 6) is -0.366. The van der Waals surface area contributed by atoms with Crippen LogP contribution in [-0.2, 0) is 11.2 Å². The molecule has 1 aromatic carbocycles. The van der Waals surface area contributed by atoms with Crippen molar-refractivity contribution in [2.24, 2.45) is 0 Å². The second-order valence-corrected chi connectivity index (χ2v) is 5.51. The molecule has 1 N–H and O–H groups in total. The summed E-state index contributed by atoms with van der Waals surface area (Å²) in [6.45, 7) is 4.08. The number of nitrogens with one attached hydrogen (secondary N) is 1. The van der Waals surface area contributed by atoms with Crippen molar-refractivity contribution in [3.63, 3.8) is 0 Å². The van der Waals surface area contributed by atoms with E-state index in [4.69, 9.17) is 16.3 Å². The van der Waals surface area contributed by atoms with Gasteiger partial charge >= 0.3 is 0 Å². The molecule has 1 unspecified atom stereocenters. The van der Waals surface area contributed by atoms with Gasteiger partial charge in [0.15, 0.2) is 0 Å². The largest absolute Gasteiger partial charge is 0.379 e. The topological polar surface area (TPSA) is 21.3 Å². The molecule has 0 aliphatic heterocycles. The van der Waals surface area contributed by atoms with Gasteiger partial charge in [-0.15, -0.1) is 0 Å². The molecular weight excluding hydrogens is 253 g/mol. The summed E-state index contributed by atoms with van der Waals surface area (Å²) in [6, 6.07) is 5.18. The molecule has 0 aliphatic rings. The number of likely N-dealkylation sites (N-methyl/N-ethyl adjacent to an activating group) is 1. The van der Waals surface area contributed by atoms with Gasteiger partial charge in [0.25, 0.3) is 0 Å². The standard InChI is InChI=1S/C14H21ClFNO/c1-14(2,18-4)9-11(17-3)7-10-5-6-12(15)13(16)8-10/h5-6,8,11,17H,7,9H2,1-4H3. The number of benzene rings is 1. The van der Waals surface area contributed by atoms with Crippen LogP contribution in [0.3, 0.4) is 0 Å². The minimum Gasteiger partial charge on any atom is -0.379 e. The lowest BCUT2D eigenvalue weighted by Crippen LogP contribution is -2.37. The predicted molar refractivity (Wildman–Crippen MR) is 73.7 cm³/mol. The first-order chi connectivity index (χ1) is 8.38. The van der Waals surface area contributed by atoms with Crippen LogP contribution in [0.25, 0.3) is 0 Å². The summed E-state index contributed by atoms with van der Waals surface area (Å²) in [5, 5.41) is 3.40. The maximum Gasteiger partial charge on any atom is 0.142 e. The van der Waals surface area contributed by atoms with E-state index in [9.17, 15) is 4.39 Å². The van der Waals surface area contributed by atoms with Crippen LogP contribution >= 0.6 is 11.6 Å². The Morgan fingerprint density at radius 2 is 2.11 bits per heavy atom. The van der Waals surface area contributed by atoms with Gasteiger partial charge in [-0.3, -0.25) is 0 Å². The summed E-state index contributed by atoms with van der Waals surface area (Å²) in [4.78, 5) is 0. The van der Waals surface area contributed by atoms with E-state index in [1.54, 1.807) is 13.2 Å². The minimum atomic E-state index is -0.366. The van der Waals surface area contributed by atoms with Gasteiger partial charge in [-0.05, 0) is 51.4 Å². The zero-order valence-electron chi connectivity index (χ0n) is 11.4. The van der Waals surface area contributed by atoms with Gasteiger partial charge in [0.05, 0.1) is 10.6 Å². The summed E-state index contributed by atoms with van der Waals surface area (Å²) in [7, 11) is 3.61. The third-order valence-electron chi connectivity index (χ3n) is 3.16. The van der Waals surface area contributed by atoms with Crippen LogP contribution < -0.4 is 5.32 Å². The smallest absolute Gasteiger partial charge is 0.142 e. The van der Waals surface area contributed by atoms with Gasteiger partial charge in [0.2, 0.25) is 0 Å². The average Bonchev–Trinajstić information content (AvgIpc) is 2.33. The molecule has 0 radical (unpaired) electrons. The van der Waals surface area contributed by atoms with Crippen molar-refractivity contribution in [2.45, 2.75) is 38.3 Å². The Bertz CT molecular complexity index is 395. The molecule has 0 aliphatic carbocycles. The second-order valence-electron chi connectivity index (χ2n) is 5.11. The van der Waals surface area contributed by atoms with Gasteiger partial charge in [-0.2, -0.15) is 0 Å². The van der Waals surface area contributed by atoms with Crippen molar-refractivity contribution >= 4 is 11.6 Å². The van der Waals surface area contributed by atoms with E-state index >= 15 is 0 Å². The highest BCUT2D eigenvalue weighted by Crippen LogP contribution is 2.20. The molecule has 4 heteroatoms. The van der Waals surface area contributed by atoms with E-state index in [0.717, 1.165) is 18.4 Å². The molecule has 1 rings (SSSR count). The number of methoxy groups -OCH3 is 1. The normalized spacial score (nSPS) is 13.7. The molecule has 1 aromatic rings. The lowest BCUT2D eigenvalue weighted by molar-refractivity contribution is 0.00772. The molecule has 0 saturated carbocycles. The van der Waals surface area contributed by atoms with Gasteiger partial charge in [0, 0.05) is 13.2 Å².